The van der Waals surface area contributed by atoms with Gasteiger partial charge in [-0.25, -0.2) is 0 Å². The number of hydrogen-bond acceptors (Lipinski definition) is 4. The van der Waals surface area contributed by atoms with Crippen molar-refractivity contribution in [1.29, 1.82) is 0 Å². The summed E-state index contributed by atoms with van der Waals surface area (Å²) in [5, 5.41) is 3.06. The van der Waals surface area contributed by atoms with Crippen molar-refractivity contribution in [1.82, 2.24) is 10.2 Å². The Morgan fingerprint density at radius 2 is 1.68 bits per heavy atom. The molecule has 176 valence electrons. The zero-order valence-electron chi connectivity index (χ0n) is 19.8. The molecule has 0 aromatic heterocycles. The first-order chi connectivity index (χ1) is 16.5. The predicted molar refractivity (Wildman–Crippen MR) is 131 cm³/mol. The third-order valence-corrected chi connectivity index (χ3v) is 6.39. The summed E-state index contributed by atoms with van der Waals surface area (Å²) in [6.45, 7) is 3.17. The maximum absolute atomic E-state index is 13.4. The minimum Gasteiger partial charge on any atom is -0.497 e. The van der Waals surface area contributed by atoms with Crippen molar-refractivity contribution in [3.63, 3.8) is 0 Å². The molecule has 1 N–H and O–H groups in total. The standard InChI is InChI=1S/C28H30N2O4/c1-19-9-11-21(12-10-19)28(32)30-17-24(23-15-22(33-2)13-14-26(23)34-3)25(18-30)27(31)29-16-20-7-5-4-6-8-20/h4-15,24-25H,16-18H2,1-3H3,(H,29,31)/t24-,25-/m1/s1. The SMILES string of the molecule is COc1ccc(OC)c([C@H]2CN(C(=O)c3ccc(C)cc3)C[C@H]2C(=O)NCc2ccccc2)c1. The lowest BCUT2D eigenvalue weighted by Crippen LogP contribution is -2.35. The summed E-state index contributed by atoms with van der Waals surface area (Å²) in [5.41, 5.74) is 3.60. The van der Waals surface area contributed by atoms with E-state index in [2.05, 4.69) is 5.32 Å². The van der Waals surface area contributed by atoms with Crippen LogP contribution in [0.15, 0.2) is 72.8 Å². The summed E-state index contributed by atoms with van der Waals surface area (Å²) in [6.07, 6.45) is 0. The molecule has 3 aromatic rings. The lowest BCUT2D eigenvalue weighted by Gasteiger charge is -2.21. The second kappa shape index (κ2) is 10.4. The van der Waals surface area contributed by atoms with Crippen LogP contribution in [0.3, 0.4) is 0 Å². The number of methoxy groups -OCH3 is 2. The quantitative estimate of drug-likeness (QED) is 0.577. The van der Waals surface area contributed by atoms with E-state index >= 15 is 0 Å². The number of ether oxygens (including phenoxy) is 2. The Balaban J connectivity index is 1.62. The van der Waals surface area contributed by atoms with Crippen LogP contribution in [0.4, 0.5) is 0 Å². The van der Waals surface area contributed by atoms with Crippen molar-refractivity contribution >= 4 is 11.8 Å². The number of likely N-dealkylation sites (tertiary alicyclic amines) is 1. The third-order valence-electron chi connectivity index (χ3n) is 6.39. The lowest BCUT2D eigenvalue weighted by atomic mass is 9.87. The monoisotopic (exact) mass is 458 g/mol. The molecule has 1 saturated heterocycles. The van der Waals surface area contributed by atoms with Crippen molar-refractivity contribution < 1.29 is 19.1 Å². The van der Waals surface area contributed by atoms with Crippen molar-refractivity contribution in [2.75, 3.05) is 27.3 Å². The fourth-order valence-corrected chi connectivity index (χ4v) is 4.47. The molecule has 1 heterocycles. The van der Waals surface area contributed by atoms with Crippen LogP contribution in [0, 0.1) is 12.8 Å². The van der Waals surface area contributed by atoms with Crippen molar-refractivity contribution in [3.05, 3.63) is 95.1 Å². The van der Waals surface area contributed by atoms with Crippen molar-refractivity contribution in [2.24, 2.45) is 5.92 Å². The normalized spacial score (nSPS) is 17.3. The summed E-state index contributed by atoms with van der Waals surface area (Å²) in [7, 11) is 3.22. The first-order valence-corrected chi connectivity index (χ1v) is 11.4. The molecule has 1 aliphatic rings. The highest BCUT2D eigenvalue weighted by Crippen LogP contribution is 2.40. The molecule has 3 aromatic carbocycles. The van der Waals surface area contributed by atoms with E-state index in [0.717, 1.165) is 16.7 Å². The zero-order valence-corrected chi connectivity index (χ0v) is 19.8. The fraction of sp³-hybridized carbons (Fsp3) is 0.286. The topological polar surface area (TPSA) is 67.9 Å². The minimum atomic E-state index is -0.417. The van der Waals surface area contributed by atoms with Crippen LogP contribution in [0.1, 0.15) is 33.0 Å². The van der Waals surface area contributed by atoms with Crippen LogP contribution in [0.5, 0.6) is 11.5 Å². The van der Waals surface area contributed by atoms with Gasteiger partial charge in [-0.1, -0.05) is 48.0 Å². The van der Waals surface area contributed by atoms with Gasteiger partial charge in [0, 0.05) is 36.7 Å². The molecule has 2 atom stereocenters. The Morgan fingerprint density at radius 1 is 0.941 bits per heavy atom. The van der Waals surface area contributed by atoms with E-state index in [1.54, 1.807) is 19.1 Å². The second-order valence-electron chi connectivity index (χ2n) is 8.60. The zero-order chi connectivity index (χ0) is 24.1. The summed E-state index contributed by atoms with van der Waals surface area (Å²) in [4.78, 5) is 28.4. The van der Waals surface area contributed by atoms with E-state index in [9.17, 15) is 9.59 Å². The molecule has 0 unspecified atom stereocenters. The summed E-state index contributed by atoms with van der Waals surface area (Å²) in [6, 6.07) is 22.9. The van der Waals surface area contributed by atoms with Crippen LogP contribution in [-0.2, 0) is 11.3 Å². The summed E-state index contributed by atoms with van der Waals surface area (Å²) in [5.74, 6) is 0.552. The van der Waals surface area contributed by atoms with Gasteiger partial charge >= 0.3 is 0 Å². The molecular weight excluding hydrogens is 428 g/mol. The van der Waals surface area contributed by atoms with Gasteiger partial charge in [0.1, 0.15) is 11.5 Å². The van der Waals surface area contributed by atoms with Gasteiger partial charge in [0.2, 0.25) is 5.91 Å². The number of aryl methyl sites for hydroxylation is 1. The van der Waals surface area contributed by atoms with Crippen LogP contribution in [0.2, 0.25) is 0 Å². The van der Waals surface area contributed by atoms with E-state index < -0.39 is 5.92 Å². The van der Waals surface area contributed by atoms with Gasteiger partial charge in [0.25, 0.3) is 5.91 Å². The molecule has 0 saturated carbocycles. The molecule has 0 aliphatic carbocycles. The number of amides is 2. The largest absolute Gasteiger partial charge is 0.497 e. The van der Waals surface area contributed by atoms with Crippen molar-refractivity contribution in [3.8, 4) is 11.5 Å². The van der Waals surface area contributed by atoms with E-state index in [1.165, 1.54) is 0 Å². The van der Waals surface area contributed by atoms with Crippen molar-refractivity contribution in [2.45, 2.75) is 19.4 Å². The minimum absolute atomic E-state index is 0.0785. The highest BCUT2D eigenvalue weighted by Gasteiger charge is 2.41. The van der Waals surface area contributed by atoms with E-state index in [4.69, 9.17) is 9.47 Å². The highest BCUT2D eigenvalue weighted by atomic mass is 16.5. The second-order valence-corrected chi connectivity index (χ2v) is 8.60. The Bertz CT molecular complexity index is 1140. The van der Waals surface area contributed by atoms with Crippen LogP contribution >= 0.6 is 0 Å². The fourth-order valence-electron chi connectivity index (χ4n) is 4.47. The average Bonchev–Trinajstić information content (AvgIpc) is 3.33. The Morgan fingerprint density at radius 3 is 2.35 bits per heavy atom. The first kappa shape index (κ1) is 23.4. The van der Waals surface area contributed by atoms with E-state index in [0.29, 0.717) is 36.7 Å². The first-order valence-electron chi connectivity index (χ1n) is 11.4. The molecule has 2 amide bonds. The smallest absolute Gasteiger partial charge is 0.253 e. The Hall–Kier alpha value is -3.80. The number of nitrogens with zero attached hydrogens (tertiary/aromatic N) is 1. The predicted octanol–water partition coefficient (Wildman–Crippen LogP) is 4.18. The number of hydrogen-bond donors (Lipinski definition) is 1. The maximum Gasteiger partial charge on any atom is 0.253 e. The number of carbonyl (C=O) groups is 2. The Labute approximate surface area is 200 Å². The Kier molecular flexibility index (Phi) is 7.16. The van der Waals surface area contributed by atoms with Crippen LogP contribution in [0.25, 0.3) is 0 Å². The molecule has 1 aliphatic heterocycles. The number of nitrogens with one attached hydrogen (secondary N) is 1. The van der Waals surface area contributed by atoms with E-state index in [-0.39, 0.29) is 17.7 Å². The molecule has 4 rings (SSSR count). The van der Waals surface area contributed by atoms with Crippen LogP contribution in [-0.4, -0.2) is 44.0 Å². The number of rotatable bonds is 7. The van der Waals surface area contributed by atoms with Gasteiger partial charge in [0.05, 0.1) is 20.1 Å². The highest BCUT2D eigenvalue weighted by molar-refractivity contribution is 5.95. The molecule has 34 heavy (non-hydrogen) atoms. The van der Waals surface area contributed by atoms with Gasteiger partial charge in [-0.15, -0.1) is 0 Å². The van der Waals surface area contributed by atoms with Crippen LogP contribution < -0.4 is 14.8 Å². The van der Waals surface area contributed by atoms with Gasteiger partial charge in [-0.3, -0.25) is 9.59 Å². The molecule has 0 spiro atoms. The number of benzene rings is 3. The van der Waals surface area contributed by atoms with Gasteiger partial charge < -0.3 is 19.7 Å². The van der Waals surface area contributed by atoms with Gasteiger partial charge in [-0.2, -0.15) is 0 Å². The molecule has 6 heteroatoms. The average molecular weight is 459 g/mol. The summed E-state index contributed by atoms with van der Waals surface area (Å²) >= 11 is 0. The molecular formula is C28H30N2O4. The molecule has 0 bridgehead atoms. The van der Waals surface area contributed by atoms with Gasteiger partial charge in [-0.05, 0) is 42.8 Å². The maximum atomic E-state index is 13.4. The summed E-state index contributed by atoms with van der Waals surface area (Å²) < 4.78 is 11.1. The number of carbonyl (C=O) groups excluding carboxylic acids is 2. The van der Waals surface area contributed by atoms with Gasteiger partial charge in [0.15, 0.2) is 0 Å². The lowest BCUT2D eigenvalue weighted by molar-refractivity contribution is -0.125. The third kappa shape index (κ3) is 5.06. The molecule has 1 fully saturated rings. The molecule has 6 nitrogen and oxygen atoms in total. The molecule has 0 radical (unpaired) electrons. The van der Waals surface area contributed by atoms with E-state index in [1.807, 2.05) is 79.7 Å².